The normalized spacial score (nSPS) is 19.5. The number of quaternary nitrogens is 1. The molecule has 0 saturated heterocycles. The van der Waals surface area contributed by atoms with Crippen LogP contribution >= 0.6 is 0 Å². The zero-order chi connectivity index (χ0) is 22.8. The van der Waals surface area contributed by atoms with Crippen LogP contribution in [0.5, 0.6) is 5.75 Å². The van der Waals surface area contributed by atoms with E-state index in [1.165, 1.54) is 5.32 Å². The third-order valence-corrected chi connectivity index (χ3v) is 5.03. The zero-order valence-electron chi connectivity index (χ0n) is 18.9. The Balaban J connectivity index is 1.96. The molecule has 1 aromatic carbocycles. The molecule has 2 amide bonds. The topological polar surface area (TPSA) is 127 Å². The van der Waals surface area contributed by atoms with Gasteiger partial charge in [-0.2, -0.15) is 10.0 Å². The second-order valence-corrected chi connectivity index (χ2v) is 9.08. The van der Waals surface area contributed by atoms with Gasteiger partial charge in [-0.15, -0.1) is 10.2 Å². The number of aromatic nitrogens is 4. The molecule has 2 heterocycles. The number of hydrogen-bond acceptors (Lipinski definition) is 7. The Kier molecular flexibility index (Phi) is 6.59. The number of tetrazole rings is 1. The maximum absolute atomic E-state index is 13.3. The minimum absolute atomic E-state index is 0.00483. The van der Waals surface area contributed by atoms with Gasteiger partial charge in [0.2, 0.25) is 5.82 Å². The molecule has 1 aliphatic heterocycles. The molecule has 0 spiro atoms. The number of benzene rings is 1. The van der Waals surface area contributed by atoms with Crippen molar-refractivity contribution in [3.05, 3.63) is 23.8 Å². The number of nitrogens with one attached hydrogen (secondary N) is 1. The standard InChI is InChI=1S/C21H30N6O4/c1-12(2)27-11-13(3)16(10-22-20(29)31-21(4,5)6)30-17-14(18-23-25-26-24-18)8-7-9-15(17)19(27)28/h7-9,12-13,16H,10-11H2,1-6H3,(H,22,29)(H,23,24,25,26)/p+1/t13-,16+/m0/s1. The van der Waals surface area contributed by atoms with Crippen LogP contribution in [-0.4, -0.2) is 68.4 Å². The summed E-state index contributed by atoms with van der Waals surface area (Å²) in [7, 11) is 0. The highest BCUT2D eigenvalue weighted by Gasteiger charge is 2.35. The van der Waals surface area contributed by atoms with Crippen LogP contribution in [0.1, 0.15) is 51.9 Å². The molecule has 0 saturated carbocycles. The second-order valence-electron chi connectivity index (χ2n) is 9.08. The van der Waals surface area contributed by atoms with Crippen LogP contribution in [0.25, 0.3) is 11.4 Å². The smallest absolute Gasteiger partial charge is 0.483 e. The minimum atomic E-state index is -0.569. The second kappa shape index (κ2) is 9.01. The van der Waals surface area contributed by atoms with Gasteiger partial charge in [0.05, 0.1) is 11.1 Å². The Morgan fingerprint density at radius 3 is 2.68 bits per heavy atom. The lowest BCUT2D eigenvalue weighted by atomic mass is 9.98. The van der Waals surface area contributed by atoms with E-state index in [1.54, 1.807) is 18.2 Å². The molecular formula is C21H31N6O4+. The first-order valence-corrected chi connectivity index (χ1v) is 10.5. The number of primary amides is 1. The monoisotopic (exact) mass is 431 g/mol. The first-order valence-electron chi connectivity index (χ1n) is 10.5. The number of carbonyl (C=O) groups excluding carboxylic acids is 2. The molecule has 2 atom stereocenters. The third kappa shape index (κ3) is 5.38. The van der Waals surface area contributed by atoms with Gasteiger partial charge in [0, 0.05) is 18.5 Å². The largest absolute Gasteiger partial charge is 0.513 e. The number of fused-ring (bicyclic) bond motifs is 1. The van der Waals surface area contributed by atoms with E-state index in [2.05, 4.69) is 20.6 Å². The average Bonchev–Trinajstić information content (AvgIpc) is 3.20. The molecule has 0 aliphatic carbocycles. The fraction of sp³-hybridized carbons (Fsp3) is 0.571. The number of amides is 2. The maximum Gasteiger partial charge on any atom is 0.513 e. The molecule has 0 radical (unpaired) electrons. The summed E-state index contributed by atoms with van der Waals surface area (Å²) in [6.07, 6.45) is -0.748. The Bertz CT molecular complexity index is 922. The lowest BCUT2D eigenvalue weighted by molar-refractivity contribution is -0.580. The minimum Gasteiger partial charge on any atom is -0.483 e. The van der Waals surface area contributed by atoms with E-state index in [0.717, 1.165) is 0 Å². The molecule has 10 nitrogen and oxygen atoms in total. The lowest BCUT2D eigenvalue weighted by Gasteiger charge is -2.36. The number of aromatic amines is 1. The number of carbonyl (C=O) groups is 2. The summed E-state index contributed by atoms with van der Waals surface area (Å²) in [5.41, 5.74) is 0.435. The first kappa shape index (κ1) is 22.7. The molecule has 0 bridgehead atoms. The van der Waals surface area contributed by atoms with Crippen LogP contribution in [0.4, 0.5) is 4.79 Å². The van der Waals surface area contributed by atoms with Crippen LogP contribution in [0.3, 0.4) is 0 Å². The van der Waals surface area contributed by atoms with Crippen molar-refractivity contribution in [3.8, 4) is 17.1 Å². The van der Waals surface area contributed by atoms with E-state index in [4.69, 9.17) is 9.47 Å². The molecular weight excluding hydrogens is 400 g/mol. The quantitative estimate of drug-likeness (QED) is 0.753. The maximum atomic E-state index is 13.3. The van der Waals surface area contributed by atoms with Crippen molar-refractivity contribution in [3.63, 3.8) is 0 Å². The van der Waals surface area contributed by atoms with Crippen molar-refractivity contribution in [2.24, 2.45) is 5.92 Å². The van der Waals surface area contributed by atoms with Gasteiger partial charge < -0.3 is 14.4 Å². The highest BCUT2D eigenvalue weighted by Crippen LogP contribution is 2.35. The Morgan fingerprint density at radius 2 is 2.06 bits per heavy atom. The van der Waals surface area contributed by atoms with Crippen molar-refractivity contribution in [1.29, 1.82) is 0 Å². The fourth-order valence-electron chi connectivity index (χ4n) is 3.50. The molecule has 1 aromatic heterocycles. The number of nitrogens with zero attached hydrogens (tertiary/aromatic N) is 4. The average molecular weight is 432 g/mol. The molecule has 1 aliphatic rings. The first-order chi connectivity index (χ1) is 14.6. The van der Waals surface area contributed by atoms with Crippen molar-refractivity contribution in [2.75, 3.05) is 13.1 Å². The highest BCUT2D eigenvalue weighted by atomic mass is 16.6. The van der Waals surface area contributed by atoms with Crippen molar-refractivity contribution < 1.29 is 24.4 Å². The summed E-state index contributed by atoms with van der Waals surface area (Å²) in [6, 6.07) is 5.31. The van der Waals surface area contributed by atoms with Gasteiger partial charge in [-0.1, -0.05) is 13.0 Å². The van der Waals surface area contributed by atoms with Crippen LogP contribution < -0.4 is 10.1 Å². The van der Waals surface area contributed by atoms with Gasteiger partial charge >= 0.3 is 6.09 Å². The van der Waals surface area contributed by atoms with Gasteiger partial charge in [0.15, 0.2) is 6.10 Å². The van der Waals surface area contributed by atoms with Crippen molar-refractivity contribution in [2.45, 2.75) is 59.3 Å². The number of hydrogen-bond donors (Lipinski definition) is 2. The van der Waals surface area contributed by atoms with Crippen LogP contribution in [-0.2, 0) is 4.74 Å². The van der Waals surface area contributed by atoms with Gasteiger partial charge in [0.25, 0.3) is 5.91 Å². The van der Waals surface area contributed by atoms with Crippen molar-refractivity contribution >= 4 is 12.0 Å². The van der Waals surface area contributed by atoms with E-state index in [0.29, 0.717) is 35.8 Å². The zero-order valence-corrected chi connectivity index (χ0v) is 18.9. The predicted molar refractivity (Wildman–Crippen MR) is 112 cm³/mol. The van der Waals surface area contributed by atoms with Crippen LogP contribution in [0.2, 0.25) is 0 Å². The van der Waals surface area contributed by atoms with E-state index in [1.807, 2.05) is 46.4 Å². The summed E-state index contributed by atoms with van der Waals surface area (Å²) in [4.78, 5) is 27.4. The Labute approximate surface area is 181 Å². The van der Waals surface area contributed by atoms with E-state index >= 15 is 0 Å². The SMILES string of the molecule is CC(C)N1C[C@H](C)[C@@H](C[NH2+]C(=O)OC(C)(C)C)Oc2c(cccc2-c2nn[nH]n2)C1=O. The number of nitrogens with two attached hydrogens (primary N) is 1. The Hall–Kier alpha value is -3.01. The number of ether oxygens (including phenoxy) is 2. The molecule has 3 N–H and O–H groups in total. The predicted octanol–water partition coefficient (Wildman–Crippen LogP) is 1.61. The summed E-state index contributed by atoms with van der Waals surface area (Å²) in [5, 5.41) is 15.7. The number of H-pyrrole nitrogens is 1. The summed E-state index contributed by atoms with van der Waals surface area (Å²) in [5.74, 6) is 0.589. The van der Waals surface area contributed by atoms with Crippen molar-refractivity contribution in [1.82, 2.24) is 25.5 Å². The van der Waals surface area contributed by atoms with E-state index in [9.17, 15) is 9.59 Å². The molecule has 2 aromatic rings. The van der Waals surface area contributed by atoms with Gasteiger partial charge in [-0.05, 0) is 52.0 Å². The Morgan fingerprint density at radius 1 is 1.35 bits per heavy atom. The fourth-order valence-corrected chi connectivity index (χ4v) is 3.50. The van der Waals surface area contributed by atoms with Crippen LogP contribution in [0.15, 0.2) is 18.2 Å². The van der Waals surface area contributed by atoms with Gasteiger partial charge in [-0.3, -0.25) is 4.79 Å². The lowest BCUT2D eigenvalue weighted by Crippen LogP contribution is -2.91. The molecule has 0 unspecified atom stereocenters. The molecule has 3 rings (SSSR count). The van der Waals surface area contributed by atoms with Gasteiger partial charge in [0.1, 0.15) is 17.9 Å². The van der Waals surface area contributed by atoms with E-state index in [-0.39, 0.29) is 24.0 Å². The van der Waals surface area contributed by atoms with E-state index < -0.39 is 11.7 Å². The third-order valence-electron chi connectivity index (χ3n) is 5.03. The summed E-state index contributed by atoms with van der Waals surface area (Å²) < 4.78 is 11.8. The molecule has 168 valence electrons. The van der Waals surface area contributed by atoms with Gasteiger partial charge in [-0.25, -0.2) is 5.32 Å². The summed E-state index contributed by atoms with van der Waals surface area (Å²) >= 11 is 0. The highest BCUT2D eigenvalue weighted by molar-refractivity contribution is 5.99. The number of para-hydroxylation sites is 1. The van der Waals surface area contributed by atoms with Crippen LogP contribution in [0, 0.1) is 5.92 Å². The molecule has 0 fully saturated rings. The summed E-state index contributed by atoms with van der Waals surface area (Å²) in [6.45, 7) is 12.3. The molecule has 10 heteroatoms. The number of rotatable bonds is 4. The molecule has 31 heavy (non-hydrogen) atoms.